The largest absolute Gasteiger partial charge is 0.474 e. The lowest BCUT2D eigenvalue weighted by molar-refractivity contribution is 0.129. The molecule has 2 aromatic rings. The van der Waals surface area contributed by atoms with Crippen LogP contribution in [0.25, 0.3) is 0 Å². The number of sulfonamides is 1. The van der Waals surface area contributed by atoms with Gasteiger partial charge in [-0.2, -0.15) is 4.31 Å². The maximum absolute atomic E-state index is 13.0. The Morgan fingerprint density at radius 3 is 2.54 bits per heavy atom. The molecule has 0 unspecified atom stereocenters. The lowest BCUT2D eigenvalue weighted by Gasteiger charge is -2.31. The Balaban J connectivity index is 1.43. The second kappa shape index (κ2) is 7.32. The molecule has 0 saturated carbocycles. The maximum Gasteiger partial charge on any atom is 0.243 e. The van der Waals surface area contributed by atoms with Gasteiger partial charge < -0.3 is 4.74 Å². The summed E-state index contributed by atoms with van der Waals surface area (Å²) in [7, 11) is -3.44. The van der Waals surface area contributed by atoms with Crippen molar-refractivity contribution < 1.29 is 13.2 Å². The molecule has 2 heterocycles. The number of fused-ring (bicyclic) bond motifs is 1. The molecule has 0 radical (unpaired) electrons. The molecule has 26 heavy (non-hydrogen) atoms. The van der Waals surface area contributed by atoms with Crippen molar-refractivity contribution in [3.63, 3.8) is 0 Å². The van der Waals surface area contributed by atoms with Crippen LogP contribution in [0, 0.1) is 0 Å². The quantitative estimate of drug-likeness (QED) is 0.824. The highest BCUT2D eigenvalue weighted by Crippen LogP contribution is 2.27. The molecule has 1 aromatic carbocycles. The van der Waals surface area contributed by atoms with E-state index < -0.39 is 10.0 Å². The summed E-state index contributed by atoms with van der Waals surface area (Å²) in [5.41, 5.74) is 2.49. The molecule has 0 amide bonds. The van der Waals surface area contributed by atoms with Gasteiger partial charge in [-0.1, -0.05) is 6.07 Å². The van der Waals surface area contributed by atoms with E-state index in [9.17, 15) is 8.42 Å². The lowest BCUT2D eigenvalue weighted by Crippen LogP contribution is -2.41. The summed E-state index contributed by atoms with van der Waals surface area (Å²) in [6, 6.07) is 7.36. The van der Waals surface area contributed by atoms with Gasteiger partial charge in [-0.05, 0) is 61.8 Å². The topological polar surface area (TPSA) is 72.4 Å². The van der Waals surface area contributed by atoms with Crippen LogP contribution < -0.4 is 4.74 Å². The van der Waals surface area contributed by atoms with Crippen molar-refractivity contribution in [2.24, 2.45) is 0 Å². The van der Waals surface area contributed by atoms with E-state index in [1.54, 1.807) is 22.6 Å². The van der Waals surface area contributed by atoms with Crippen LogP contribution in [-0.4, -0.2) is 41.9 Å². The van der Waals surface area contributed by atoms with Gasteiger partial charge in [-0.25, -0.2) is 18.4 Å². The number of ether oxygens (including phenoxy) is 1. The fourth-order valence-electron chi connectivity index (χ4n) is 3.73. The zero-order chi connectivity index (χ0) is 18.0. The molecule has 138 valence electrons. The van der Waals surface area contributed by atoms with Gasteiger partial charge in [0.25, 0.3) is 0 Å². The Hall–Kier alpha value is -1.99. The number of hydrogen-bond donors (Lipinski definition) is 0. The number of benzene rings is 1. The molecule has 1 aromatic heterocycles. The smallest absolute Gasteiger partial charge is 0.243 e. The predicted octanol–water partition coefficient (Wildman–Crippen LogP) is 2.59. The van der Waals surface area contributed by atoms with E-state index in [1.165, 1.54) is 23.9 Å². The van der Waals surface area contributed by atoms with Crippen LogP contribution in [0.15, 0.2) is 41.7 Å². The van der Waals surface area contributed by atoms with Crippen LogP contribution in [0.5, 0.6) is 5.88 Å². The normalized spacial score (nSPS) is 19.1. The third-order valence-electron chi connectivity index (χ3n) is 5.20. The number of hydrogen-bond acceptors (Lipinski definition) is 5. The molecule has 6 nitrogen and oxygen atoms in total. The minimum atomic E-state index is -3.44. The van der Waals surface area contributed by atoms with E-state index in [4.69, 9.17) is 4.74 Å². The summed E-state index contributed by atoms with van der Waals surface area (Å²) in [6.45, 7) is 0.935. The van der Waals surface area contributed by atoms with Gasteiger partial charge in [-0.15, -0.1) is 0 Å². The van der Waals surface area contributed by atoms with Crippen molar-refractivity contribution in [2.75, 3.05) is 13.1 Å². The summed E-state index contributed by atoms with van der Waals surface area (Å²) in [5, 5.41) is 0. The van der Waals surface area contributed by atoms with Crippen LogP contribution in [-0.2, 0) is 22.9 Å². The number of nitrogens with zero attached hydrogens (tertiary/aromatic N) is 3. The standard InChI is InChI=1S/C19H23N3O3S/c23-26(24,18-6-5-15-3-1-2-4-16(15)13-18)22-11-8-17(9-12-22)25-19-7-10-20-14-21-19/h5-7,10,13-14,17H,1-4,8-9,11-12H2. The first-order chi connectivity index (χ1) is 12.6. The fourth-order valence-corrected chi connectivity index (χ4v) is 5.25. The first-order valence-electron chi connectivity index (χ1n) is 9.17. The van der Waals surface area contributed by atoms with Gasteiger partial charge >= 0.3 is 0 Å². The van der Waals surface area contributed by atoms with Crippen molar-refractivity contribution >= 4 is 10.0 Å². The van der Waals surface area contributed by atoms with E-state index in [0.29, 0.717) is 36.7 Å². The molecule has 1 fully saturated rings. The van der Waals surface area contributed by atoms with Crippen molar-refractivity contribution in [3.05, 3.63) is 47.9 Å². The second-order valence-corrected chi connectivity index (χ2v) is 8.84. The number of aromatic nitrogens is 2. The van der Waals surface area contributed by atoms with Gasteiger partial charge in [0, 0.05) is 25.4 Å². The van der Waals surface area contributed by atoms with E-state index in [1.807, 2.05) is 12.1 Å². The molecular weight excluding hydrogens is 350 g/mol. The van der Waals surface area contributed by atoms with Gasteiger partial charge in [0.2, 0.25) is 15.9 Å². The Labute approximate surface area is 154 Å². The van der Waals surface area contributed by atoms with Crippen molar-refractivity contribution in [2.45, 2.75) is 49.5 Å². The summed E-state index contributed by atoms with van der Waals surface area (Å²) in [6.07, 6.45) is 8.77. The van der Waals surface area contributed by atoms with Crippen LogP contribution in [0.4, 0.5) is 0 Å². The van der Waals surface area contributed by atoms with E-state index in [0.717, 1.165) is 19.3 Å². The SMILES string of the molecule is O=S(=O)(c1ccc2c(c1)CCCC2)N1CCC(Oc2ccncn2)CC1. The minimum absolute atomic E-state index is 0.0140. The van der Waals surface area contributed by atoms with Crippen molar-refractivity contribution in [1.29, 1.82) is 0 Å². The Bertz CT molecular complexity index is 863. The summed E-state index contributed by atoms with van der Waals surface area (Å²) in [4.78, 5) is 8.36. The third-order valence-corrected chi connectivity index (χ3v) is 7.10. The zero-order valence-corrected chi connectivity index (χ0v) is 15.5. The first kappa shape index (κ1) is 17.4. The van der Waals surface area contributed by atoms with Crippen molar-refractivity contribution in [1.82, 2.24) is 14.3 Å². The highest BCUT2D eigenvalue weighted by molar-refractivity contribution is 7.89. The van der Waals surface area contributed by atoms with E-state index in [2.05, 4.69) is 9.97 Å². The highest BCUT2D eigenvalue weighted by Gasteiger charge is 2.30. The minimum Gasteiger partial charge on any atom is -0.474 e. The average Bonchev–Trinajstić information content (AvgIpc) is 2.69. The zero-order valence-electron chi connectivity index (χ0n) is 14.7. The molecule has 0 bridgehead atoms. The molecule has 0 atom stereocenters. The average molecular weight is 373 g/mol. The van der Waals surface area contributed by atoms with Crippen LogP contribution in [0.2, 0.25) is 0 Å². The molecule has 1 aliphatic heterocycles. The number of aryl methyl sites for hydroxylation is 2. The van der Waals surface area contributed by atoms with E-state index in [-0.39, 0.29) is 6.10 Å². The van der Waals surface area contributed by atoms with Crippen molar-refractivity contribution in [3.8, 4) is 5.88 Å². The van der Waals surface area contributed by atoms with Gasteiger partial charge in [-0.3, -0.25) is 0 Å². The van der Waals surface area contributed by atoms with Gasteiger partial charge in [0.15, 0.2) is 0 Å². The molecule has 4 rings (SSSR count). The van der Waals surface area contributed by atoms with Gasteiger partial charge in [0.1, 0.15) is 12.4 Å². The Morgan fingerprint density at radius 1 is 1.04 bits per heavy atom. The first-order valence-corrected chi connectivity index (χ1v) is 10.6. The molecule has 0 N–H and O–H groups in total. The predicted molar refractivity (Wildman–Crippen MR) is 97.5 cm³/mol. The van der Waals surface area contributed by atoms with Gasteiger partial charge in [0.05, 0.1) is 4.90 Å². The molecule has 1 aliphatic carbocycles. The van der Waals surface area contributed by atoms with Crippen LogP contribution in [0.1, 0.15) is 36.8 Å². The monoisotopic (exact) mass is 373 g/mol. The number of rotatable bonds is 4. The highest BCUT2D eigenvalue weighted by atomic mass is 32.2. The molecule has 2 aliphatic rings. The molecule has 0 spiro atoms. The third kappa shape index (κ3) is 3.59. The van der Waals surface area contributed by atoms with Crippen LogP contribution in [0.3, 0.4) is 0 Å². The summed E-state index contributed by atoms with van der Waals surface area (Å²) >= 11 is 0. The summed E-state index contributed by atoms with van der Waals surface area (Å²) < 4.78 is 33.4. The molecule has 7 heteroatoms. The van der Waals surface area contributed by atoms with E-state index >= 15 is 0 Å². The molecular formula is C19H23N3O3S. The number of piperidine rings is 1. The second-order valence-electron chi connectivity index (χ2n) is 6.91. The Kier molecular flexibility index (Phi) is 4.91. The Morgan fingerprint density at radius 2 is 1.81 bits per heavy atom. The van der Waals surface area contributed by atoms with Crippen LogP contribution >= 0.6 is 0 Å². The fraction of sp³-hybridized carbons (Fsp3) is 0.474. The maximum atomic E-state index is 13.0. The summed E-state index contributed by atoms with van der Waals surface area (Å²) in [5.74, 6) is 0.538. The lowest BCUT2D eigenvalue weighted by atomic mass is 9.92. The molecule has 1 saturated heterocycles.